The molecule has 96 valence electrons. The van der Waals surface area contributed by atoms with Crippen molar-refractivity contribution in [3.63, 3.8) is 0 Å². The summed E-state index contributed by atoms with van der Waals surface area (Å²) < 4.78 is 13.3. The minimum absolute atomic E-state index is 0.269. The number of hydrogen-bond donors (Lipinski definition) is 1. The number of thiazole rings is 1. The van der Waals surface area contributed by atoms with E-state index in [-0.39, 0.29) is 5.82 Å². The van der Waals surface area contributed by atoms with Gasteiger partial charge in [-0.05, 0) is 31.5 Å². The van der Waals surface area contributed by atoms with Crippen LogP contribution >= 0.6 is 11.3 Å². The van der Waals surface area contributed by atoms with E-state index >= 15 is 0 Å². The van der Waals surface area contributed by atoms with Crippen molar-refractivity contribution in [2.75, 3.05) is 17.7 Å². The third kappa shape index (κ3) is 2.61. The third-order valence-electron chi connectivity index (χ3n) is 2.78. The van der Waals surface area contributed by atoms with Crippen molar-refractivity contribution in [3.8, 4) is 0 Å². The zero-order chi connectivity index (χ0) is 13.3. The van der Waals surface area contributed by atoms with Crippen LogP contribution in [0.2, 0.25) is 0 Å². The predicted molar refractivity (Wildman–Crippen MR) is 74.5 cm³/mol. The molecule has 0 fully saturated rings. The van der Waals surface area contributed by atoms with Crippen molar-refractivity contribution in [2.45, 2.75) is 20.4 Å². The van der Waals surface area contributed by atoms with E-state index in [0.717, 1.165) is 16.4 Å². The Balaban J connectivity index is 2.23. The van der Waals surface area contributed by atoms with Crippen molar-refractivity contribution >= 4 is 22.7 Å². The number of nitrogen functional groups attached to an aromatic ring is 1. The number of benzene rings is 1. The van der Waals surface area contributed by atoms with Crippen LogP contribution in [0.4, 0.5) is 15.8 Å². The first kappa shape index (κ1) is 12.8. The van der Waals surface area contributed by atoms with Crippen LogP contribution in [-0.4, -0.2) is 12.0 Å². The molecule has 5 heteroatoms. The quantitative estimate of drug-likeness (QED) is 0.867. The SMILES string of the molecule is Cc1nc(CN(C)c2cc(C)c(F)cc2N)cs1. The maximum atomic E-state index is 13.3. The Morgan fingerprint density at radius 3 is 2.72 bits per heavy atom. The maximum absolute atomic E-state index is 13.3. The molecule has 0 atom stereocenters. The lowest BCUT2D eigenvalue weighted by atomic mass is 10.1. The second kappa shape index (κ2) is 4.94. The number of hydrogen-bond acceptors (Lipinski definition) is 4. The standard InChI is InChI=1S/C13H16FN3S/c1-8-4-13(12(15)5-11(8)14)17(3)6-10-7-18-9(2)16-10/h4-5,7H,6,15H2,1-3H3. The second-order valence-electron chi connectivity index (χ2n) is 4.37. The molecule has 2 rings (SSSR count). The molecule has 0 amide bonds. The minimum Gasteiger partial charge on any atom is -0.397 e. The second-order valence-corrected chi connectivity index (χ2v) is 5.44. The summed E-state index contributed by atoms with van der Waals surface area (Å²) in [7, 11) is 1.93. The van der Waals surface area contributed by atoms with Crippen LogP contribution in [0.25, 0.3) is 0 Å². The molecular weight excluding hydrogens is 249 g/mol. The van der Waals surface area contributed by atoms with E-state index in [2.05, 4.69) is 4.98 Å². The van der Waals surface area contributed by atoms with E-state index in [9.17, 15) is 4.39 Å². The van der Waals surface area contributed by atoms with Crippen molar-refractivity contribution in [1.29, 1.82) is 0 Å². The van der Waals surface area contributed by atoms with E-state index in [0.29, 0.717) is 17.8 Å². The van der Waals surface area contributed by atoms with E-state index in [1.165, 1.54) is 6.07 Å². The number of aromatic nitrogens is 1. The predicted octanol–water partition coefficient (Wildman–Crippen LogP) is 3.12. The topological polar surface area (TPSA) is 42.2 Å². The number of anilines is 2. The summed E-state index contributed by atoms with van der Waals surface area (Å²) in [6.07, 6.45) is 0. The molecule has 1 aromatic carbocycles. The van der Waals surface area contributed by atoms with Crippen LogP contribution in [0.1, 0.15) is 16.3 Å². The average molecular weight is 265 g/mol. The van der Waals surface area contributed by atoms with Gasteiger partial charge in [-0.2, -0.15) is 0 Å². The van der Waals surface area contributed by atoms with Gasteiger partial charge in [0, 0.05) is 12.4 Å². The Kier molecular flexibility index (Phi) is 3.52. The Morgan fingerprint density at radius 2 is 2.11 bits per heavy atom. The van der Waals surface area contributed by atoms with Gasteiger partial charge in [0.25, 0.3) is 0 Å². The Bertz CT molecular complexity index is 565. The summed E-state index contributed by atoms with van der Waals surface area (Å²) in [5, 5.41) is 3.07. The molecule has 0 radical (unpaired) electrons. The number of nitrogens with zero attached hydrogens (tertiary/aromatic N) is 2. The average Bonchev–Trinajstić information content (AvgIpc) is 2.69. The van der Waals surface area contributed by atoms with Gasteiger partial charge in [-0.3, -0.25) is 0 Å². The fraction of sp³-hybridized carbons (Fsp3) is 0.308. The number of nitrogens with two attached hydrogens (primary N) is 1. The van der Waals surface area contributed by atoms with Gasteiger partial charge in [0.15, 0.2) is 0 Å². The monoisotopic (exact) mass is 265 g/mol. The molecule has 0 saturated carbocycles. The Hall–Kier alpha value is -1.62. The van der Waals surface area contributed by atoms with Crippen molar-refractivity contribution in [1.82, 2.24) is 4.98 Å². The fourth-order valence-electron chi connectivity index (χ4n) is 1.82. The van der Waals surface area contributed by atoms with Gasteiger partial charge < -0.3 is 10.6 Å². The molecule has 2 aromatic rings. The first-order chi connectivity index (χ1) is 8.47. The molecule has 0 aliphatic heterocycles. The highest BCUT2D eigenvalue weighted by Crippen LogP contribution is 2.26. The largest absolute Gasteiger partial charge is 0.397 e. The van der Waals surface area contributed by atoms with E-state index in [1.807, 2.05) is 24.3 Å². The molecule has 1 aromatic heterocycles. The molecule has 0 spiro atoms. The van der Waals surface area contributed by atoms with Crippen LogP contribution in [0, 0.1) is 19.7 Å². The molecule has 2 N–H and O–H groups in total. The summed E-state index contributed by atoms with van der Waals surface area (Å²) >= 11 is 1.62. The van der Waals surface area contributed by atoms with Crippen LogP contribution in [0.3, 0.4) is 0 Å². The van der Waals surface area contributed by atoms with Gasteiger partial charge in [-0.25, -0.2) is 9.37 Å². The zero-order valence-corrected chi connectivity index (χ0v) is 11.5. The Morgan fingerprint density at radius 1 is 1.39 bits per heavy atom. The molecule has 0 saturated heterocycles. The van der Waals surface area contributed by atoms with Crippen LogP contribution in [0.5, 0.6) is 0 Å². The smallest absolute Gasteiger partial charge is 0.128 e. The lowest BCUT2D eigenvalue weighted by Gasteiger charge is -2.20. The van der Waals surface area contributed by atoms with Crippen LogP contribution < -0.4 is 10.6 Å². The van der Waals surface area contributed by atoms with E-state index in [1.54, 1.807) is 24.3 Å². The lowest BCUT2D eigenvalue weighted by molar-refractivity contribution is 0.619. The molecule has 1 heterocycles. The van der Waals surface area contributed by atoms with Gasteiger partial charge in [0.2, 0.25) is 0 Å². The minimum atomic E-state index is -0.269. The van der Waals surface area contributed by atoms with Gasteiger partial charge in [-0.15, -0.1) is 11.3 Å². The van der Waals surface area contributed by atoms with E-state index < -0.39 is 0 Å². The number of rotatable bonds is 3. The molecular formula is C13H16FN3S. The van der Waals surface area contributed by atoms with Crippen LogP contribution in [0.15, 0.2) is 17.5 Å². The van der Waals surface area contributed by atoms with Gasteiger partial charge in [0.05, 0.1) is 28.6 Å². The summed E-state index contributed by atoms with van der Waals surface area (Å²) in [4.78, 5) is 6.39. The zero-order valence-electron chi connectivity index (χ0n) is 10.7. The lowest BCUT2D eigenvalue weighted by Crippen LogP contribution is -2.18. The summed E-state index contributed by atoms with van der Waals surface area (Å²) in [5.41, 5.74) is 8.73. The maximum Gasteiger partial charge on any atom is 0.128 e. The number of halogens is 1. The molecule has 0 unspecified atom stereocenters. The summed E-state index contributed by atoms with van der Waals surface area (Å²) in [6.45, 7) is 4.38. The van der Waals surface area contributed by atoms with Crippen molar-refractivity contribution in [2.24, 2.45) is 0 Å². The highest BCUT2D eigenvalue weighted by Gasteiger charge is 2.10. The first-order valence-corrected chi connectivity index (χ1v) is 6.53. The fourth-order valence-corrected chi connectivity index (χ4v) is 2.43. The molecule has 0 bridgehead atoms. The van der Waals surface area contributed by atoms with Gasteiger partial charge in [0.1, 0.15) is 5.82 Å². The molecule has 0 aliphatic carbocycles. The summed E-state index contributed by atoms with van der Waals surface area (Å²) in [5.74, 6) is -0.269. The third-order valence-corrected chi connectivity index (χ3v) is 3.61. The van der Waals surface area contributed by atoms with Gasteiger partial charge in [-0.1, -0.05) is 0 Å². The first-order valence-electron chi connectivity index (χ1n) is 5.65. The number of aryl methyl sites for hydroxylation is 2. The van der Waals surface area contributed by atoms with Crippen molar-refractivity contribution < 1.29 is 4.39 Å². The van der Waals surface area contributed by atoms with Crippen molar-refractivity contribution in [3.05, 3.63) is 39.6 Å². The van der Waals surface area contributed by atoms with Crippen LogP contribution in [-0.2, 0) is 6.54 Å². The van der Waals surface area contributed by atoms with E-state index in [4.69, 9.17) is 5.73 Å². The Labute approximate surface area is 110 Å². The summed E-state index contributed by atoms with van der Waals surface area (Å²) in [6, 6.07) is 3.14. The molecule has 18 heavy (non-hydrogen) atoms. The molecule has 3 nitrogen and oxygen atoms in total. The normalized spacial score (nSPS) is 10.7. The highest BCUT2D eigenvalue weighted by atomic mass is 32.1. The highest BCUT2D eigenvalue weighted by molar-refractivity contribution is 7.09. The molecule has 0 aliphatic rings. The van der Waals surface area contributed by atoms with Gasteiger partial charge >= 0.3 is 0 Å².